The Bertz CT molecular complexity index is 561. The molecular weight excluding hydrogens is 368 g/mol. The number of carbonyl (C=O) groups is 1. The van der Waals surface area contributed by atoms with Crippen molar-refractivity contribution in [1.29, 1.82) is 0 Å². The highest BCUT2D eigenvalue weighted by atomic mass is 16.5. The molecule has 0 aromatic heterocycles. The molecule has 0 aliphatic heterocycles. The monoisotopic (exact) mass is 412 g/mol. The van der Waals surface area contributed by atoms with E-state index in [1.807, 2.05) is 6.08 Å². The molecule has 168 valence electrons. The van der Waals surface area contributed by atoms with Gasteiger partial charge in [-0.1, -0.05) is 106 Å². The minimum Gasteiger partial charge on any atom is -0.469 e. The predicted molar refractivity (Wildman–Crippen MR) is 132 cm³/mol. The molecule has 0 radical (unpaired) electrons. The van der Waals surface area contributed by atoms with Crippen LogP contribution >= 0.6 is 0 Å². The molecule has 0 saturated heterocycles. The van der Waals surface area contributed by atoms with Gasteiger partial charge in [-0.15, -0.1) is 0 Å². The lowest BCUT2D eigenvalue weighted by atomic mass is 9.97. The first-order valence-corrected chi connectivity index (χ1v) is 11.7. The Labute approximate surface area is 186 Å². The van der Waals surface area contributed by atoms with Gasteiger partial charge in [-0.05, 0) is 50.9 Å². The molecule has 1 unspecified atom stereocenters. The van der Waals surface area contributed by atoms with Crippen molar-refractivity contribution in [3.63, 3.8) is 0 Å². The Hall–Kier alpha value is -2.09. The Balaban J connectivity index is 3.62. The fourth-order valence-corrected chi connectivity index (χ4v) is 2.96. The van der Waals surface area contributed by atoms with Crippen molar-refractivity contribution < 1.29 is 9.53 Å². The molecule has 0 spiro atoms. The average molecular weight is 413 g/mol. The van der Waals surface area contributed by atoms with Gasteiger partial charge in [0.15, 0.2) is 0 Å². The third kappa shape index (κ3) is 20.6. The molecule has 0 aromatic carbocycles. The van der Waals surface area contributed by atoms with Crippen molar-refractivity contribution in [2.24, 2.45) is 5.92 Å². The molecule has 0 saturated carbocycles. The van der Waals surface area contributed by atoms with Crippen LogP contribution in [0.3, 0.4) is 0 Å². The summed E-state index contributed by atoms with van der Waals surface area (Å²) in [7, 11) is 1.42. The van der Waals surface area contributed by atoms with Crippen molar-refractivity contribution in [2.45, 2.75) is 84.5 Å². The van der Waals surface area contributed by atoms with Crippen LogP contribution in [0.15, 0.2) is 72.9 Å². The molecule has 0 fully saturated rings. The normalized spacial score (nSPS) is 13.8. The van der Waals surface area contributed by atoms with Crippen LogP contribution in [0.5, 0.6) is 0 Å². The number of esters is 1. The molecule has 2 heteroatoms. The smallest absolute Gasteiger partial charge is 0.305 e. The summed E-state index contributed by atoms with van der Waals surface area (Å²) in [5.74, 6) is 0.712. The van der Waals surface area contributed by atoms with Crippen LogP contribution < -0.4 is 0 Å². The second kappa shape index (κ2) is 23.2. The molecule has 0 aliphatic carbocycles. The summed E-state index contributed by atoms with van der Waals surface area (Å²) in [5.41, 5.74) is 0. The molecular formula is C28H44O2. The van der Waals surface area contributed by atoms with Crippen molar-refractivity contribution >= 4 is 5.97 Å². The van der Waals surface area contributed by atoms with Crippen LogP contribution in [-0.2, 0) is 9.53 Å². The molecule has 0 bridgehead atoms. The summed E-state index contributed by atoms with van der Waals surface area (Å²) in [6.07, 6.45) is 37.7. The molecule has 2 nitrogen and oxygen atoms in total. The second-order valence-corrected chi connectivity index (χ2v) is 7.42. The molecule has 0 N–H and O–H groups in total. The summed E-state index contributed by atoms with van der Waals surface area (Å²) < 4.78 is 4.60. The summed E-state index contributed by atoms with van der Waals surface area (Å²) in [6.45, 7) is 4.57. The Morgan fingerprint density at radius 2 is 1.13 bits per heavy atom. The van der Waals surface area contributed by atoms with Gasteiger partial charge in [0.25, 0.3) is 0 Å². The number of carbonyl (C=O) groups excluding carboxylic acids is 1. The number of allylic oxidation sites excluding steroid dienone is 12. The number of rotatable bonds is 18. The molecule has 0 aromatic rings. The average Bonchev–Trinajstić information content (AvgIpc) is 2.76. The van der Waals surface area contributed by atoms with Crippen LogP contribution in [0, 0.1) is 5.92 Å². The molecule has 30 heavy (non-hydrogen) atoms. The predicted octanol–water partition coefficient (Wildman–Crippen LogP) is 8.44. The van der Waals surface area contributed by atoms with E-state index in [0.717, 1.165) is 44.4 Å². The fraction of sp³-hybridized carbons (Fsp3) is 0.536. The van der Waals surface area contributed by atoms with Gasteiger partial charge in [0, 0.05) is 6.42 Å². The highest BCUT2D eigenvalue weighted by Gasteiger charge is 2.00. The zero-order valence-electron chi connectivity index (χ0n) is 19.6. The van der Waals surface area contributed by atoms with E-state index in [9.17, 15) is 4.79 Å². The van der Waals surface area contributed by atoms with E-state index in [4.69, 9.17) is 0 Å². The van der Waals surface area contributed by atoms with E-state index in [0.29, 0.717) is 6.42 Å². The van der Waals surface area contributed by atoms with Crippen molar-refractivity contribution in [1.82, 2.24) is 0 Å². The van der Waals surface area contributed by atoms with Crippen LogP contribution in [-0.4, -0.2) is 13.1 Å². The van der Waals surface area contributed by atoms with E-state index >= 15 is 0 Å². The van der Waals surface area contributed by atoms with Crippen molar-refractivity contribution in [2.75, 3.05) is 7.11 Å². The van der Waals surface area contributed by atoms with Gasteiger partial charge < -0.3 is 4.74 Å². The van der Waals surface area contributed by atoms with Gasteiger partial charge >= 0.3 is 5.97 Å². The zero-order chi connectivity index (χ0) is 22.1. The maximum atomic E-state index is 11.0. The SMILES string of the molecule is CCCC(CC)C/C=C\C/C=C\C/C=C\C/C=C\C/C=C\C/C=C\CCC(=O)OC. The third-order valence-corrected chi connectivity index (χ3v) is 4.85. The molecule has 0 aliphatic rings. The van der Waals surface area contributed by atoms with Gasteiger partial charge in [0.05, 0.1) is 7.11 Å². The lowest BCUT2D eigenvalue weighted by Gasteiger charge is -2.09. The first kappa shape index (κ1) is 27.9. The quantitative estimate of drug-likeness (QED) is 0.167. The van der Waals surface area contributed by atoms with E-state index < -0.39 is 0 Å². The number of hydrogen-bond donors (Lipinski definition) is 0. The highest BCUT2D eigenvalue weighted by Crippen LogP contribution is 2.15. The number of methoxy groups -OCH3 is 1. The van der Waals surface area contributed by atoms with Crippen LogP contribution in [0.2, 0.25) is 0 Å². The van der Waals surface area contributed by atoms with Crippen LogP contribution in [0.1, 0.15) is 84.5 Å². The lowest BCUT2D eigenvalue weighted by molar-refractivity contribution is -0.140. The maximum Gasteiger partial charge on any atom is 0.305 e. The van der Waals surface area contributed by atoms with E-state index in [-0.39, 0.29) is 5.97 Å². The molecule has 0 rings (SSSR count). The van der Waals surface area contributed by atoms with Gasteiger partial charge in [0.2, 0.25) is 0 Å². The lowest BCUT2D eigenvalue weighted by Crippen LogP contribution is -1.97. The van der Waals surface area contributed by atoms with E-state index in [2.05, 4.69) is 85.4 Å². The minimum atomic E-state index is -0.152. The molecule has 1 atom stereocenters. The highest BCUT2D eigenvalue weighted by molar-refractivity contribution is 5.69. The second-order valence-electron chi connectivity index (χ2n) is 7.42. The first-order chi connectivity index (χ1) is 14.7. The fourth-order valence-electron chi connectivity index (χ4n) is 2.96. The Morgan fingerprint density at radius 1 is 0.700 bits per heavy atom. The van der Waals surface area contributed by atoms with Crippen LogP contribution in [0.25, 0.3) is 0 Å². The Morgan fingerprint density at radius 3 is 1.53 bits per heavy atom. The van der Waals surface area contributed by atoms with Crippen LogP contribution in [0.4, 0.5) is 0 Å². The molecule has 0 heterocycles. The third-order valence-electron chi connectivity index (χ3n) is 4.85. The number of ether oxygens (including phenoxy) is 1. The largest absolute Gasteiger partial charge is 0.469 e. The van der Waals surface area contributed by atoms with E-state index in [1.165, 1.54) is 32.8 Å². The summed E-state index contributed by atoms with van der Waals surface area (Å²) in [5, 5.41) is 0. The maximum absolute atomic E-state index is 11.0. The van der Waals surface area contributed by atoms with Gasteiger partial charge in [-0.3, -0.25) is 4.79 Å². The summed E-state index contributed by atoms with van der Waals surface area (Å²) in [4.78, 5) is 11.0. The Kier molecular flexibility index (Phi) is 21.6. The van der Waals surface area contributed by atoms with Crippen molar-refractivity contribution in [3.05, 3.63) is 72.9 Å². The zero-order valence-corrected chi connectivity index (χ0v) is 19.6. The number of hydrogen-bond acceptors (Lipinski definition) is 2. The standard InChI is InChI=1S/C28H44O2/c1-4-24-27(5-2)25-22-20-18-16-14-12-10-8-6-7-9-11-13-15-17-19-21-23-26-28(29)30-3/h7-10,13-16,19-22,27H,4-6,11-12,17-18,23-26H2,1-3H3/b9-7-,10-8-,15-13-,16-14-,21-19-,22-20-. The summed E-state index contributed by atoms with van der Waals surface area (Å²) >= 11 is 0. The minimum absolute atomic E-state index is 0.152. The van der Waals surface area contributed by atoms with E-state index in [1.54, 1.807) is 0 Å². The summed E-state index contributed by atoms with van der Waals surface area (Å²) in [6, 6.07) is 0. The first-order valence-electron chi connectivity index (χ1n) is 11.7. The molecule has 0 amide bonds. The van der Waals surface area contributed by atoms with Gasteiger partial charge in [0.1, 0.15) is 0 Å². The van der Waals surface area contributed by atoms with Gasteiger partial charge in [-0.25, -0.2) is 0 Å². The van der Waals surface area contributed by atoms with Crippen molar-refractivity contribution in [3.8, 4) is 0 Å². The topological polar surface area (TPSA) is 26.3 Å². The van der Waals surface area contributed by atoms with Gasteiger partial charge in [-0.2, -0.15) is 0 Å².